The van der Waals surface area contributed by atoms with Crippen LogP contribution in [0.15, 0.2) is 0 Å². The molecule has 10 heteroatoms. The van der Waals surface area contributed by atoms with Crippen LogP contribution >= 0.6 is 0 Å². The average Bonchev–Trinajstić information content (AvgIpc) is 3.36. The first-order valence-corrected chi connectivity index (χ1v) is 24.8. The summed E-state index contributed by atoms with van der Waals surface area (Å²) in [5.74, 6) is 1.62. The molecule has 0 aromatic heterocycles. The van der Waals surface area contributed by atoms with E-state index in [2.05, 4.69) is 203 Å². The number of benzene rings is 5. The van der Waals surface area contributed by atoms with Gasteiger partial charge in [-0.3, -0.25) is 0 Å². The monoisotopic (exact) mass is 1830 g/mol. The molecule has 2 radical (unpaired) electrons. The van der Waals surface area contributed by atoms with Gasteiger partial charge in [0, 0.05) is 43.3 Å². The van der Waals surface area contributed by atoms with Gasteiger partial charge in [-0.05, 0) is 88.8 Å². The van der Waals surface area contributed by atoms with Crippen molar-refractivity contribution in [1.82, 2.24) is 0 Å². The number of nitrogens with one attached hydrogen (secondary N) is 2. The van der Waals surface area contributed by atoms with Crippen molar-refractivity contribution in [2.75, 3.05) is 14.1 Å². The van der Waals surface area contributed by atoms with Gasteiger partial charge in [0.25, 0.3) is 0 Å². The maximum absolute atomic E-state index is 9.04. The van der Waals surface area contributed by atoms with Gasteiger partial charge in [0.15, 0.2) is 0 Å². The zero-order valence-electron chi connectivity index (χ0n) is 55.8. The molecule has 0 aliphatic carbocycles. The van der Waals surface area contributed by atoms with Gasteiger partial charge in [-0.15, -0.1) is 44.5 Å². The molecule has 0 spiro atoms. The van der Waals surface area contributed by atoms with Gasteiger partial charge in [-0.2, -0.15) is 98.3 Å². The smallest absolute Gasteiger partial charge is 0.680 e. The van der Waals surface area contributed by atoms with E-state index < -0.39 is 0 Å². The fourth-order valence-corrected chi connectivity index (χ4v) is 9.10. The molecule has 1 unspecified atom stereocenters. The van der Waals surface area contributed by atoms with E-state index in [4.69, 9.17) is 27.3 Å². The van der Waals surface area contributed by atoms with Crippen LogP contribution in [0.25, 0.3) is 11.5 Å². The fourth-order valence-electron chi connectivity index (χ4n) is 9.10. The van der Waals surface area contributed by atoms with Crippen molar-refractivity contribution in [3.8, 4) is 18.2 Å². The Bertz CT molecular complexity index is 2380. The molecular formula is C70H106N5U3V2-. The largest absolute Gasteiger partial charge is 2.00 e. The summed E-state index contributed by atoms with van der Waals surface area (Å²) in [6.45, 7) is 59.2. The first-order chi connectivity index (χ1) is 32.8. The molecule has 5 aromatic carbocycles. The number of hydrogen-bond donors (Lipinski definition) is 0. The molecule has 5 rings (SSSR count). The summed E-state index contributed by atoms with van der Waals surface area (Å²) in [4.78, 5) is 0. The maximum atomic E-state index is 9.04. The van der Waals surface area contributed by atoms with E-state index in [1.807, 2.05) is 20.8 Å². The molecule has 0 heterocycles. The summed E-state index contributed by atoms with van der Waals surface area (Å²) >= 11 is 0. The second kappa shape index (κ2) is 48.8. The third-order valence-corrected chi connectivity index (χ3v) is 16.0. The summed E-state index contributed by atoms with van der Waals surface area (Å²) in [7, 11) is 2.50. The predicted molar refractivity (Wildman–Crippen MR) is 336 cm³/mol. The maximum Gasteiger partial charge on any atom is 2.00 e. The van der Waals surface area contributed by atoms with Crippen LogP contribution in [0.5, 0.6) is 0 Å². The van der Waals surface area contributed by atoms with Crippen LogP contribution in [-0.2, 0) is 37.1 Å². The summed E-state index contributed by atoms with van der Waals surface area (Å²) in [5, 5.41) is 27.0. The normalized spacial score (nSPS) is 9.01. The molecule has 1 atom stereocenters. The van der Waals surface area contributed by atoms with Crippen LogP contribution in [0.4, 0.5) is 0 Å². The fraction of sp³-hybridized carbons (Fsp3) is 0.457. The van der Waals surface area contributed by atoms with Crippen LogP contribution < -0.4 is 0 Å². The molecular weight excluding hydrogens is 1730 g/mol. The molecule has 5 aromatic rings. The molecule has 0 saturated heterocycles. The van der Waals surface area contributed by atoms with Crippen LogP contribution in [0.1, 0.15) is 190 Å². The molecule has 0 bridgehead atoms. The molecule has 0 amide bonds. The van der Waals surface area contributed by atoms with Gasteiger partial charge in [-0.1, -0.05) is 169 Å². The quantitative estimate of drug-likeness (QED) is 0.167. The summed E-state index contributed by atoms with van der Waals surface area (Å²) in [6.07, 6.45) is 0. The van der Waals surface area contributed by atoms with Gasteiger partial charge in [0.2, 0.25) is 0 Å². The average molecular weight is 1830 g/mol. The molecule has 434 valence electrons. The Labute approximate surface area is 592 Å². The third-order valence-electron chi connectivity index (χ3n) is 16.0. The molecule has 0 aliphatic heterocycles. The van der Waals surface area contributed by atoms with E-state index in [-0.39, 0.29) is 166 Å². The number of hydrogen-bond acceptors (Lipinski definition) is 3. The van der Waals surface area contributed by atoms with E-state index in [1.165, 1.54) is 159 Å². The summed E-state index contributed by atoms with van der Waals surface area (Å²) in [6, 6.07) is 13.5. The van der Waals surface area contributed by atoms with Crippen molar-refractivity contribution in [2.24, 2.45) is 0 Å². The number of nitriles is 3. The minimum absolute atomic E-state index is 0. The second-order valence-electron chi connectivity index (χ2n) is 19.4. The van der Waals surface area contributed by atoms with Gasteiger partial charge in [0.1, 0.15) is 0 Å². The Kier molecular flexibility index (Phi) is 63.1. The van der Waals surface area contributed by atoms with Gasteiger partial charge >= 0.3 is 99.3 Å². The Morgan fingerprint density at radius 1 is 0.338 bits per heavy atom. The zero-order valence-corrected chi connectivity index (χ0v) is 71.1. The summed E-state index contributed by atoms with van der Waals surface area (Å²) < 4.78 is 0. The van der Waals surface area contributed by atoms with Crippen molar-refractivity contribution in [3.05, 3.63) is 213 Å². The van der Waals surface area contributed by atoms with Crippen LogP contribution in [-0.4, -0.2) is 14.1 Å². The van der Waals surface area contributed by atoms with Gasteiger partial charge < -0.3 is 33.7 Å². The number of nitrogens with zero attached hydrogens (tertiary/aromatic N) is 3. The molecule has 5 nitrogen and oxygen atoms in total. The third kappa shape index (κ3) is 26.4. The van der Waals surface area contributed by atoms with Crippen LogP contribution in [0.3, 0.4) is 0 Å². The van der Waals surface area contributed by atoms with Gasteiger partial charge in [-0.25, -0.2) is 10.5 Å². The van der Waals surface area contributed by atoms with E-state index >= 15 is 0 Å². The molecule has 80 heavy (non-hydrogen) atoms. The minimum atomic E-state index is -0.0111. The van der Waals surface area contributed by atoms with Crippen LogP contribution in [0.2, 0.25) is 0 Å². The zero-order chi connectivity index (χ0) is 56.4. The Morgan fingerprint density at radius 3 is 0.650 bits per heavy atom. The van der Waals surface area contributed by atoms with Crippen LogP contribution in [0, 0.1) is 347 Å². The number of aryl methyl sites for hydroxylation is 4. The van der Waals surface area contributed by atoms with E-state index in [1.54, 1.807) is 0 Å². The van der Waals surface area contributed by atoms with Crippen molar-refractivity contribution in [1.29, 1.82) is 15.8 Å². The van der Waals surface area contributed by atoms with Gasteiger partial charge in [0.05, 0.1) is 12.0 Å². The van der Waals surface area contributed by atoms with Crippen molar-refractivity contribution in [2.45, 2.75) is 207 Å². The first kappa shape index (κ1) is 104. The minimum Gasteiger partial charge on any atom is -0.680 e. The second-order valence-corrected chi connectivity index (χ2v) is 19.4. The topological polar surface area (TPSA) is 119 Å². The van der Waals surface area contributed by atoms with Crippen molar-refractivity contribution >= 4 is 0 Å². The number of rotatable bonds is 3. The predicted octanol–water partition coefficient (Wildman–Crippen LogP) is 20.6. The molecule has 0 fully saturated rings. The Balaban J connectivity index is -0.0000000795. The first-order valence-electron chi connectivity index (χ1n) is 24.8. The Morgan fingerprint density at radius 2 is 0.487 bits per heavy atom. The van der Waals surface area contributed by atoms with E-state index in [0.717, 1.165) is 23.0 Å². The molecule has 2 N–H and O–H groups in total. The Hall–Kier alpha value is -1.45. The summed E-state index contributed by atoms with van der Waals surface area (Å²) in [5.41, 5.74) is 48.0. The van der Waals surface area contributed by atoms with Crippen molar-refractivity contribution in [3.63, 3.8) is 0 Å². The standard InChI is InChI=1S/C14H19N.2C14H18N.2C11H15.2CH4N.CH4.3CH3.3U.2V/c3*1-8(7-15)14-12(5)10(3)9(2)11(4)13(14)6;2*1-7-6-8(2)10(4)11(5)9(7)3;2*1-2;;;;;;;;;/h8H,1-6H3;2*1-6H3;2*1-5H3;2*2H,1H3;1H4;3*1H3;;;;;/q;6*-1;;3*-1;;4*+2. The molecule has 0 saturated carbocycles. The van der Waals surface area contributed by atoms with Crippen molar-refractivity contribution < 1.29 is 130 Å². The molecule has 0 aliphatic rings. The van der Waals surface area contributed by atoms with E-state index in [0.29, 0.717) is 0 Å². The SMILES string of the molecule is C.C[NH-].C[NH-].Cc1[c-]c(C)c(C)c(C)c1C.Cc1[c-]c(C)c(C)c(C)c1C.Cc1c(C)c(C)c(C(C)C#N)c(C)c1C.Cc1c(C)c(C)c([C-](C)C#N)c(C)c1C.Cc1c(C)c(C)c([C-](C)C#N)c(C)c1C.[CH3-].[CH3-].[CH3-].[U+2].[U+2].[U].[V+2].[V+2]. The van der Waals surface area contributed by atoms with E-state index in [9.17, 15) is 0 Å².